The van der Waals surface area contributed by atoms with E-state index in [9.17, 15) is 9.59 Å². The maximum Gasteiger partial charge on any atom is 0.259 e. The van der Waals surface area contributed by atoms with Crippen LogP contribution in [0.25, 0.3) is 0 Å². The van der Waals surface area contributed by atoms with Crippen LogP contribution in [0.3, 0.4) is 0 Å². The Hall–Kier alpha value is -0.750. The minimum atomic E-state index is -0.460. The van der Waals surface area contributed by atoms with Crippen molar-refractivity contribution in [2.24, 2.45) is 0 Å². The molecular weight excluding hydrogens is 316 g/mol. The summed E-state index contributed by atoms with van der Waals surface area (Å²) in [7, 11) is 0. The van der Waals surface area contributed by atoms with Crippen LogP contribution in [0.15, 0.2) is 21.3 Å². The van der Waals surface area contributed by atoms with E-state index in [0.717, 1.165) is 0 Å². The molecule has 0 saturated carbocycles. The number of rotatable bonds is 1. The summed E-state index contributed by atoms with van der Waals surface area (Å²) in [6, 6.07) is 1.58. The first-order chi connectivity index (χ1) is 6.50. The van der Waals surface area contributed by atoms with Gasteiger partial charge >= 0.3 is 0 Å². The van der Waals surface area contributed by atoms with Crippen LogP contribution in [-0.2, 0) is 4.79 Å². The standard InChI is InChI=1S/C8H6Br2N2O2/c1-4(13)12-8(14)5-2-6(9)7(10)11-3-5/h2-3H,1H3,(H,12,13,14). The monoisotopic (exact) mass is 320 g/mol. The van der Waals surface area contributed by atoms with Gasteiger partial charge in [0.05, 0.1) is 10.0 Å². The highest BCUT2D eigenvalue weighted by Crippen LogP contribution is 2.20. The van der Waals surface area contributed by atoms with Gasteiger partial charge in [-0.25, -0.2) is 4.98 Å². The molecule has 1 heterocycles. The van der Waals surface area contributed by atoms with E-state index in [1.807, 2.05) is 0 Å². The average Bonchev–Trinajstić information content (AvgIpc) is 2.08. The molecule has 1 N–H and O–H groups in total. The fourth-order valence-electron chi connectivity index (χ4n) is 0.777. The third kappa shape index (κ3) is 2.88. The van der Waals surface area contributed by atoms with Crippen LogP contribution in [0.2, 0.25) is 0 Å². The van der Waals surface area contributed by atoms with Gasteiger partial charge in [-0.15, -0.1) is 0 Å². The number of carbonyl (C=O) groups is 2. The zero-order chi connectivity index (χ0) is 10.7. The topological polar surface area (TPSA) is 59.1 Å². The Bertz CT molecular complexity index is 393. The van der Waals surface area contributed by atoms with Crippen LogP contribution >= 0.6 is 31.9 Å². The number of halogens is 2. The fraction of sp³-hybridized carbons (Fsp3) is 0.125. The SMILES string of the molecule is CC(=O)NC(=O)c1cnc(Br)c(Br)c1. The van der Waals surface area contributed by atoms with Gasteiger partial charge < -0.3 is 0 Å². The van der Waals surface area contributed by atoms with Crippen LogP contribution in [0, 0.1) is 0 Å². The summed E-state index contributed by atoms with van der Waals surface area (Å²) in [6.45, 7) is 1.28. The van der Waals surface area contributed by atoms with Crippen LogP contribution < -0.4 is 5.32 Å². The van der Waals surface area contributed by atoms with Gasteiger partial charge in [0, 0.05) is 13.1 Å². The summed E-state index contributed by atoms with van der Waals surface area (Å²) < 4.78 is 1.27. The van der Waals surface area contributed by atoms with Gasteiger partial charge in [0.15, 0.2) is 0 Å². The number of nitrogens with zero attached hydrogens (tertiary/aromatic N) is 1. The Balaban J connectivity index is 2.91. The van der Waals surface area contributed by atoms with Crippen molar-refractivity contribution in [3.05, 3.63) is 26.9 Å². The molecular formula is C8H6Br2N2O2. The summed E-state index contributed by atoms with van der Waals surface area (Å²) in [5.41, 5.74) is 0.329. The third-order valence-electron chi connectivity index (χ3n) is 1.35. The van der Waals surface area contributed by atoms with Gasteiger partial charge in [-0.2, -0.15) is 0 Å². The van der Waals surface area contributed by atoms with Crippen molar-refractivity contribution in [3.63, 3.8) is 0 Å². The third-order valence-corrected chi connectivity index (χ3v) is 3.12. The second-order valence-electron chi connectivity index (χ2n) is 2.51. The second kappa shape index (κ2) is 4.65. The van der Waals surface area contributed by atoms with E-state index in [2.05, 4.69) is 42.2 Å². The highest BCUT2D eigenvalue weighted by atomic mass is 79.9. The van der Waals surface area contributed by atoms with E-state index in [1.54, 1.807) is 6.07 Å². The van der Waals surface area contributed by atoms with E-state index in [1.165, 1.54) is 13.1 Å². The summed E-state index contributed by atoms with van der Waals surface area (Å²) in [5, 5.41) is 2.15. The van der Waals surface area contributed by atoms with E-state index in [-0.39, 0.29) is 0 Å². The molecule has 0 aliphatic carbocycles. The van der Waals surface area contributed by atoms with Gasteiger partial charge in [0.25, 0.3) is 5.91 Å². The molecule has 0 radical (unpaired) electrons. The van der Waals surface area contributed by atoms with Crippen LogP contribution in [0.4, 0.5) is 0 Å². The summed E-state index contributed by atoms with van der Waals surface area (Å²) in [4.78, 5) is 25.8. The predicted molar refractivity (Wildman–Crippen MR) is 57.8 cm³/mol. The van der Waals surface area contributed by atoms with Gasteiger partial charge in [-0.3, -0.25) is 14.9 Å². The number of aromatic nitrogens is 1. The van der Waals surface area contributed by atoms with E-state index in [4.69, 9.17) is 0 Å². The van der Waals surface area contributed by atoms with E-state index < -0.39 is 11.8 Å². The smallest absolute Gasteiger partial charge is 0.259 e. The van der Waals surface area contributed by atoms with Gasteiger partial charge in [0.2, 0.25) is 5.91 Å². The van der Waals surface area contributed by atoms with E-state index in [0.29, 0.717) is 14.6 Å². The molecule has 0 unspecified atom stereocenters. The molecule has 4 nitrogen and oxygen atoms in total. The Morgan fingerprint density at radius 1 is 1.43 bits per heavy atom. The largest absolute Gasteiger partial charge is 0.293 e. The van der Waals surface area contributed by atoms with E-state index >= 15 is 0 Å². The maximum absolute atomic E-state index is 11.3. The van der Waals surface area contributed by atoms with Gasteiger partial charge in [-0.1, -0.05) is 0 Å². The molecule has 74 valence electrons. The molecule has 0 saturated heterocycles. The molecule has 0 atom stereocenters. The number of nitrogens with one attached hydrogen (secondary N) is 1. The Morgan fingerprint density at radius 2 is 2.07 bits per heavy atom. The minimum absolute atomic E-state index is 0.329. The van der Waals surface area contributed by atoms with Crippen molar-refractivity contribution in [2.45, 2.75) is 6.92 Å². The quantitative estimate of drug-likeness (QED) is 0.803. The molecule has 1 aromatic heterocycles. The summed E-state index contributed by atoms with van der Waals surface area (Å²) in [6.07, 6.45) is 1.38. The molecule has 0 bridgehead atoms. The molecule has 0 aromatic carbocycles. The molecule has 0 fully saturated rings. The second-order valence-corrected chi connectivity index (χ2v) is 4.11. The van der Waals surface area contributed by atoms with Crippen LogP contribution in [0.1, 0.15) is 17.3 Å². The molecule has 1 aromatic rings. The molecule has 14 heavy (non-hydrogen) atoms. The van der Waals surface area contributed by atoms with Crippen molar-refractivity contribution < 1.29 is 9.59 Å². The van der Waals surface area contributed by atoms with Crippen molar-refractivity contribution in [2.75, 3.05) is 0 Å². The van der Waals surface area contributed by atoms with Crippen molar-refractivity contribution in [3.8, 4) is 0 Å². The Kier molecular flexibility index (Phi) is 3.77. The normalized spacial score (nSPS) is 9.64. The first-order valence-electron chi connectivity index (χ1n) is 3.63. The molecule has 0 aliphatic rings. The molecule has 1 rings (SSSR count). The van der Waals surface area contributed by atoms with Gasteiger partial charge in [0.1, 0.15) is 4.60 Å². The van der Waals surface area contributed by atoms with Crippen molar-refractivity contribution >= 4 is 43.7 Å². The van der Waals surface area contributed by atoms with Crippen molar-refractivity contribution in [1.29, 1.82) is 0 Å². The average molecular weight is 322 g/mol. The van der Waals surface area contributed by atoms with Crippen LogP contribution in [-0.4, -0.2) is 16.8 Å². The summed E-state index contributed by atoms with van der Waals surface area (Å²) >= 11 is 6.38. The number of imide groups is 1. The predicted octanol–water partition coefficient (Wildman–Crippen LogP) is 1.88. The number of pyridine rings is 1. The molecule has 0 spiro atoms. The zero-order valence-corrected chi connectivity index (χ0v) is 10.3. The van der Waals surface area contributed by atoms with Crippen molar-refractivity contribution in [1.82, 2.24) is 10.3 Å². The Labute approximate surface area is 97.4 Å². The lowest BCUT2D eigenvalue weighted by atomic mass is 10.3. The first-order valence-corrected chi connectivity index (χ1v) is 5.22. The summed E-state index contributed by atoms with van der Waals surface area (Å²) in [5.74, 6) is -0.854. The van der Waals surface area contributed by atoms with Gasteiger partial charge in [-0.05, 0) is 37.9 Å². The molecule has 0 aliphatic heterocycles. The fourth-order valence-corrected chi connectivity index (χ4v) is 1.34. The lowest BCUT2D eigenvalue weighted by molar-refractivity contribution is -0.118. The number of amides is 2. The maximum atomic E-state index is 11.3. The molecule has 2 amide bonds. The van der Waals surface area contributed by atoms with Crippen LogP contribution in [0.5, 0.6) is 0 Å². The highest BCUT2D eigenvalue weighted by molar-refractivity contribution is 9.13. The lowest BCUT2D eigenvalue weighted by Crippen LogP contribution is -2.27. The first kappa shape index (κ1) is 11.3. The minimum Gasteiger partial charge on any atom is -0.293 e. The number of hydrogen-bond donors (Lipinski definition) is 1. The number of carbonyl (C=O) groups excluding carboxylic acids is 2. The Morgan fingerprint density at radius 3 is 2.57 bits per heavy atom. The highest BCUT2D eigenvalue weighted by Gasteiger charge is 2.09. The number of hydrogen-bond acceptors (Lipinski definition) is 3. The lowest BCUT2D eigenvalue weighted by Gasteiger charge is -2.01. The molecule has 6 heteroatoms. The zero-order valence-electron chi connectivity index (χ0n) is 7.17.